The first-order valence-corrected chi connectivity index (χ1v) is 9.38. The zero-order valence-corrected chi connectivity index (χ0v) is 16.7. The number of aromatic nitrogens is 3. The number of rotatable bonds is 5. The van der Waals surface area contributed by atoms with Crippen molar-refractivity contribution < 1.29 is 18.3 Å². The summed E-state index contributed by atoms with van der Waals surface area (Å²) >= 11 is 0. The third kappa shape index (κ3) is 3.83. The average molecular weight is 414 g/mol. The van der Waals surface area contributed by atoms with Gasteiger partial charge < -0.3 is 14.4 Å². The number of anilines is 1. The minimum atomic E-state index is -0.871. The highest BCUT2D eigenvalue weighted by atomic mass is 19.1. The van der Waals surface area contributed by atoms with Crippen LogP contribution in [0.2, 0.25) is 0 Å². The van der Waals surface area contributed by atoms with Crippen LogP contribution in [0.4, 0.5) is 14.6 Å². The fourth-order valence-electron chi connectivity index (χ4n) is 3.21. The number of benzene rings is 1. The molecule has 3 aromatic rings. The second kappa shape index (κ2) is 7.74. The Morgan fingerprint density at radius 1 is 1.20 bits per heavy atom. The van der Waals surface area contributed by atoms with E-state index in [0.29, 0.717) is 12.4 Å². The lowest BCUT2D eigenvalue weighted by Gasteiger charge is -2.16. The highest BCUT2D eigenvalue weighted by Gasteiger charge is 2.25. The van der Waals surface area contributed by atoms with Gasteiger partial charge in [0.25, 0.3) is 0 Å². The number of pyridine rings is 1. The Hall–Kier alpha value is -3.49. The van der Waals surface area contributed by atoms with E-state index >= 15 is 0 Å². The minimum Gasteiger partial charge on any atom is -0.473 e. The number of nitrogens with zero attached hydrogens (tertiary/aromatic N) is 4. The van der Waals surface area contributed by atoms with E-state index in [9.17, 15) is 13.6 Å². The van der Waals surface area contributed by atoms with E-state index < -0.39 is 23.1 Å². The summed E-state index contributed by atoms with van der Waals surface area (Å²) in [5.74, 6) is -1.25. The van der Waals surface area contributed by atoms with Crippen molar-refractivity contribution in [3.63, 3.8) is 0 Å². The molecular weight excluding hydrogens is 394 g/mol. The molecule has 0 spiro atoms. The summed E-state index contributed by atoms with van der Waals surface area (Å²) in [4.78, 5) is 22.1. The molecule has 1 aliphatic heterocycles. The monoisotopic (exact) mass is 414 g/mol. The second-order valence-corrected chi connectivity index (χ2v) is 7.22. The van der Waals surface area contributed by atoms with E-state index in [-0.39, 0.29) is 29.8 Å². The van der Waals surface area contributed by atoms with Gasteiger partial charge in [0.1, 0.15) is 18.2 Å². The van der Waals surface area contributed by atoms with E-state index in [0.717, 1.165) is 17.8 Å². The van der Waals surface area contributed by atoms with E-state index in [1.54, 1.807) is 29.7 Å². The molecule has 9 heteroatoms. The molecule has 30 heavy (non-hydrogen) atoms. The molecule has 0 radical (unpaired) electrons. The maximum atomic E-state index is 14.4. The Kier molecular flexibility index (Phi) is 5.11. The molecule has 156 valence electrons. The number of likely N-dealkylation sites (N-methyl/N-ethyl adjacent to an activating group) is 1. The van der Waals surface area contributed by atoms with Crippen LogP contribution in [0, 0.1) is 18.6 Å². The van der Waals surface area contributed by atoms with E-state index in [1.807, 2.05) is 18.9 Å². The Balaban J connectivity index is 1.50. The van der Waals surface area contributed by atoms with Crippen molar-refractivity contribution in [2.45, 2.75) is 33.0 Å². The maximum absolute atomic E-state index is 14.4. The summed E-state index contributed by atoms with van der Waals surface area (Å²) in [6.07, 6.45) is 1.39. The van der Waals surface area contributed by atoms with Gasteiger partial charge >= 0.3 is 5.69 Å². The van der Waals surface area contributed by atoms with Crippen LogP contribution in [-0.4, -0.2) is 27.6 Å². The molecule has 0 saturated heterocycles. The quantitative estimate of drug-likeness (QED) is 0.637. The van der Waals surface area contributed by atoms with Crippen LogP contribution in [0.3, 0.4) is 0 Å². The first-order valence-electron chi connectivity index (χ1n) is 9.38. The van der Waals surface area contributed by atoms with Gasteiger partial charge in [-0.25, -0.2) is 13.6 Å². The number of hydrogen-bond acceptors (Lipinski definition) is 6. The molecular formula is C21H20F2N4O3. The van der Waals surface area contributed by atoms with E-state index in [4.69, 9.17) is 9.47 Å². The minimum absolute atomic E-state index is 0.0964. The lowest BCUT2D eigenvalue weighted by atomic mass is 10.2. The molecule has 0 saturated carbocycles. The van der Waals surface area contributed by atoms with E-state index in [2.05, 4.69) is 9.97 Å². The molecule has 0 N–H and O–H groups in total. The lowest BCUT2D eigenvalue weighted by molar-refractivity contribution is 0.289. The average Bonchev–Trinajstić information content (AvgIpc) is 2.99. The molecule has 1 aliphatic rings. The zero-order valence-electron chi connectivity index (χ0n) is 16.7. The van der Waals surface area contributed by atoms with Crippen LogP contribution >= 0.6 is 0 Å². The molecule has 0 amide bonds. The number of halogens is 2. The predicted octanol–water partition coefficient (Wildman–Crippen LogP) is 3.43. The van der Waals surface area contributed by atoms with Crippen LogP contribution in [0.1, 0.15) is 18.2 Å². The molecule has 2 aromatic heterocycles. The summed E-state index contributed by atoms with van der Waals surface area (Å²) in [6.45, 7) is 4.18. The van der Waals surface area contributed by atoms with Gasteiger partial charge in [0.05, 0.1) is 6.20 Å². The Bertz CT molecular complexity index is 1120. The Labute approximate surface area is 171 Å². The van der Waals surface area contributed by atoms with Gasteiger partial charge in [0, 0.05) is 31.4 Å². The smallest absolute Gasteiger partial charge is 0.352 e. The van der Waals surface area contributed by atoms with Gasteiger partial charge in [-0.15, -0.1) is 0 Å². The standard InChI is InChI=1S/C21H20F2N4O3/c1-12-4-5-15(9-24-12)30-20-16(22)6-14(7-17(20)23)11-29-18-8-19-26(3)13(2)10-27(19)21(28)25-18/h4-9,13H,10-11H2,1-3H3/t13-/m0/s1. The van der Waals surface area contributed by atoms with Gasteiger partial charge in [0.2, 0.25) is 5.88 Å². The molecule has 4 rings (SSSR count). The number of aryl methyl sites for hydroxylation is 1. The summed E-state index contributed by atoms with van der Waals surface area (Å²) in [7, 11) is 1.87. The fourth-order valence-corrected chi connectivity index (χ4v) is 3.21. The van der Waals surface area contributed by atoms with Crippen molar-refractivity contribution in [2.24, 2.45) is 0 Å². The normalized spacial score (nSPS) is 15.2. The van der Waals surface area contributed by atoms with Crippen molar-refractivity contribution in [1.29, 1.82) is 0 Å². The maximum Gasteiger partial charge on any atom is 0.352 e. The highest BCUT2D eigenvalue weighted by molar-refractivity contribution is 5.45. The topological polar surface area (TPSA) is 69.5 Å². The molecule has 0 fully saturated rings. The van der Waals surface area contributed by atoms with Gasteiger partial charge in [-0.2, -0.15) is 4.98 Å². The molecule has 7 nitrogen and oxygen atoms in total. The Morgan fingerprint density at radius 2 is 1.93 bits per heavy atom. The molecule has 3 heterocycles. The highest BCUT2D eigenvalue weighted by Crippen LogP contribution is 2.29. The third-order valence-corrected chi connectivity index (χ3v) is 4.98. The van der Waals surface area contributed by atoms with Crippen LogP contribution in [0.15, 0.2) is 41.3 Å². The number of ether oxygens (including phenoxy) is 2. The molecule has 0 bridgehead atoms. The van der Waals surface area contributed by atoms with E-state index in [1.165, 1.54) is 6.20 Å². The van der Waals surface area contributed by atoms with Crippen molar-refractivity contribution in [1.82, 2.24) is 14.5 Å². The van der Waals surface area contributed by atoms with Gasteiger partial charge in [-0.05, 0) is 43.7 Å². The lowest BCUT2D eigenvalue weighted by Crippen LogP contribution is -2.23. The first kappa shape index (κ1) is 19.8. The SMILES string of the molecule is Cc1ccc(Oc2c(F)cc(COc3cc4n(c(=O)n3)C[C@H](C)N4C)cc2F)cn1. The first-order chi connectivity index (χ1) is 14.3. The van der Waals surface area contributed by atoms with Gasteiger partial charge in [-0.1, -0.05) is 0 Å². The van der Waals surface area contributed by atoms with Crippen LogP contribution in [0.5, 0.6) is 17.4 Å². The number of fused-ring (bicyclic) bond motifs is 1. The van der Waals surface area contributed by atoms with Crippen molar-refractivity contribution in [3.8, 4) is 17.4 Å². The van der Waals surface area contributed by atoms with Crippen molar-refractivity contribution in [2.75, 3.05) is 11.9 Å². The summed E-state index contributed by atoms with van der Waals surface area (Å²) in [5, 5.41) is 0. The zero-order chi connectivity index (χ0) is 21.4. The van der Waals surface area contributed by atoms with Crippen LogP contribution < -0.4 is 20.1 Å². The third-order valence-electron chi connectivity index (χ3n) is 4.98. The molecule has 1 atom stereocenters. The second-order valence-electron chi connectivity index (χ2n) is 7.22. The number of hydrogen-bond donors (Lipinski definition) is 0. The fraction of sp³-hybridized carbons (Fsp3) is 0.286. The molecule has 0 unspecified atom stereocenters. The summed E-state index contributed by atoms with van der Waals surface area (Å²) < 4.78 is 41.2. The molecule has 1 aromatic carbocycles. The summed E-state index contributed by atoms with van der Waals surface area (Å²) in [6, 6.07) is 7.29. The predicted molar refractivity (Wildman–Crippen MR) is 106 cm³/mol. The van der Waals surface area contributed by atoms with Crippen LogP contribution in [0.25, 0.3) is 0 Å². The van der Waals surface area contributed by atoms with Gasteiger partial charge in [0.15, 0.2) is 17.4 Å². The van der Waals surface area contributed by atoms with Gasteiger partial charge in [-0.3, -0.25) is 9.55 Å². The van der Waals surface area contributed by atoms with Crippen molar-refractivity contribution >= 4 is 5.82 Å². The van der Waals surface area contributed by atoms with Crippen LogP contribution in [-0.2, 0) is 13.2 Å². The van der Waals surface area contributed by atoms with Crippen molar-refractivity contribution in [3.05, 3.63) is 69.9 Å². The largest absolute Gasteiger partial charge is 0.473 e. The Morgan fingerprint density at radius 3 is 2.60 bits per heavy atom. The summed E-state index contributed by atoms with van der Waals surface area (Å²) in [5.41, 5.74) is 0.575. The molecule has 0 aliphatic carbocycles.